The van der Waals surface area contributed by atoms with Crippen molar-refractivity contribution in [3.63, 3.8) is 0 Å². The molecule has 0 aliphatic carbocycles. The van der Waals surface area contributed by atoms with Crippen LogP contribution in [-0.2, 0) is 11.3 Å². The summed E-state index contributed by atoms with van der Waals surface area (Å²) >= 11 is 1.57. The van der Waals surface area contributed by atoms with E-state index in [0.717, 1.165) is 42.0 Å². The number of piperazine rings is 1. The molecular weight excluding hydrogens is 370 g/mol. The summed E-state index contributed by atoms with van der Waals surface area (Å²) in [7, 11) is 0. The van der Waals surface area contributed by atoms with Crippen LogP contribution in [0.1, 0.15) is 24.5 Å². The van der Waals surface area contributed by atoms with Gasteiger partial charge in [0, 0.05) is 38.6 Å². The van der Waals surface area contributed by atoms with Crippen molar-refractivity contribution >= 4 is 27.5 Å². The van der Waals surface area contributed by atoms with Crippen LogP contribution in [0.2, 0.25) is 0 Å². The molecule has 1 aromatic heterocycles. The molecule has 1 amide bonds. The number of benzene rings is 2. The van der Waals surface area contributed by atoms with Crippen molar-refractivity contribution < 1.29 is 9.53 Å². The van der Waals surface area contributed by atoms with Gasteiger partial charge in [-0.15, -0.1) is 0 Å². The highest BCUT2D eigenvalue weighted by Gasteiger charge is 2.43. The molecule has 2 aromatic carbocycles. The number of aromatic nitrogens is 1. The Morgan fingerprint density at radius 2 is 2.00 bits per heavy atom. The molecule has 0 radical (unpaired) electrons. The number of fused-ring (bicyclic) bond motifs is 3. The molecule has 2 aliphatic heterocycles. The van der Waals surface area contributed by atoms with Gasteiger partial charge >= 0.3 is 0 Å². The van der Waals surface area contributed by atoms with Gasteiger partial charge < -0.3 is 9.64 Å². The van der Waals surface area contributed by atoms with Crippen molar-refractivity contribution in [2.75, 3.05) is 13.1 Å². The molecule has 28 heavy (non-hydrogen) atoms. The topological polar surface area (TPSA) is 45.7 Å². The van der Waals surface area contributed by atoms with Crippen molar-refractivity contribution in [3.8, 4) is 10.9 Å². The zero-order chi connectivity index (χ0) is 19.3. The fourth-order valence-corrected chi connectivity index (χ4v) is 5.31. The van der Waals surface area contributed by atoms with E-state index in [1.54, 1.807) is 18.3 Å². The van der Waals surface area contributed by atoms with Crippen LogP contribution in [0.5, 0.6) is 10.9 Å². The van der Waals surface area contributed by atoms with Gasteiger partial charge in [-0.2, -0.15) is 0 Å². The monoisotopic (exact) mass is 393 g/mol. The van der Waals surface area contributed by atoms with Gasteiger partial charge in [-0.1, -0.05) is 29.5 Å². The Labute approximate surface area is 168 Å². The Balaban J connectivity index is 1.23. The first kappa shape index (κ1) is 17.6. The fourth-order valence-electron chi connectivity index (χ4n) is 4.38. The minimum atomic E-state index is 0.207. The minimum Gasteiger partial charge on any atom is -0.431 e. The molecule has 144 valence electrons. The predicted octanol–water partition coefficient (Wildman–Crippen LogP) is 4.20. The average Bonchev–Trinajstić information content (AvgIpc) is 3.36. The summed E-state index contributed by atoms with van der Waals surface area (Å²) in [4.78, 5) is 20.7. The van der Waals surface area contributed by atoms with Crippen LogP contribution in [0.15, 0.2) is 42.5 Å². The first-order valence-corrected chi connectivity index (χ1v) is 10.5. The maximum Gasteiger partial charge on any atom is 0.279 e. The Morgan fingerprint density at radius 1 is 1.18 bits per heavy atom. The van der Waals surface area contributed by atoms with E-state index in [2.05, 4.69) is 41.1 Å². The summed E-state index contributed by atoms with van der Waals surface area (Å²) in [5.74, 6) is 1.02. The van der Waals surface area contributed by atoms with Crippen molar-refractivity contribution in [2.45, 2.75) is 38.9 Å². The molecule has 3 heterocycles. The number of likely N-dealkylation sites (tertiary alicyclic amines) is 2. The van der Waals surface area contributed by atoms with Crippen LogP contribution in [0, 0.1) is 6.92 Å². The Morgan fingerprint density at radius 3 is 2.71 bits per heavy atom. The molecule has 0 N–H and O–H groups in total. The zero-order valence-electron chi connectivity index (χ0n) is 16.1. The lowest BCUT2D eigenvalue weighted by molar-refractivity contribution is -0.131. The smallest absolute Gasteiger partial charge is 0.279 e. The molecule has 2 unspecified atom stereocenters. The third kappa shape index (κ3) is 3.27. The van der Waals surface area contributed by atoms with Gasteiger partial charge in [0.05, 0.1) is 10.2 Å². The number of hydrogen-bond donors (Lipinski definition) is 0. The summed E-state index contributed by atoms with van der Waals surface area (Å²) in [5, 5.41) is 0.675. The van der Waals surface area contributed by atoms with E-state index in [-0.39, 0.29) is 5.91 Å². The predicted molar refractivity (Wildman–Crippen MR) is 111 cm³/mol. The first-order valence-electron chi connectivity index (χ1n) is 9.70. The van der Waals surface area contributed by atoms with E-state index in [9.17, 15) is 4.79 Å². The van der Waals surface area contributed by atoms with Crippen molar-refractivity contribution in [1.29, 1.82) is 0 Å². The standard InChI is InChI=1S/C22H23N3O2S/c1-14-3-8-20-21(9-14)28-22(23-20)27-19-6-4-16(5-7-19)11-24-12-18-10-17(24)13-25(18)15(2)26/h3-9,17-18H,10-13H2,1-2H3. The maximum atomic E-state index is 11.7. The molecular formula is C22H23N3O2S. The molecule has 5 rings (SSSR count). The number of carbonyl (C=O) groups excluding carboxylic acids is 1. The number of aryl methyl sites for hydroxylation is 1. The minimum absolute atomic E-state index is 0.207. The van der Waals surface area contributed by atoms with Crippen LogP contribution in [0.25, 0.3) is 10.2 Å². The lowest BCUT2D eigenvalue weighted by Gasteiger charge is -2.33. The normalized spacial score (nSPS) is 21.6. The molecule has 5 nitrogen and oxygen atoms in total. The SMILES string of the molecule is CC(=O)N1CC2CC1CN2Cc1ccc(Oc2nc3ccc(C)cc3s2)cc1. The van der Waals surface area contributed by atoms with Gasteiger partial charge in [-0.05, 0) is 48.7 Å². The summed E-state index contributed by atoms with van der Waals surface area (Å²) in [6, 6.07) is 15.4. The average molecular weight is 394 g/mol. The van der Waals surface area contributed by atoms with Crippen molar-refractivity contribution in [1.82, 2.24) is 14.8 Å². The molecule has 0 spiro atoms. The van der Waals surface area contributed by atoms with E-state index in [1.165, 1.54) is 11.1 Å². The molecule has 2 aliphatic rings. The Bertz CT molecular complexity index is 1030. The second-order valence-corrected chi connectivity index (χ2v) is 8.83. The largest absolute Gasteiger partial charge is 0.431 e. The lowest BCUT2D eigenvalue weighted by atomic mass is 10.2. The number of nitrogens with zero attached hydrogens (tertiary/aromatic N) is 3. The highest BCUT2D eigenvalue weighted by Crippen LogP contribution is 2.33. The van der Waals surface area contributed by atoms with Crippen LogP contribution < -0.4 is 4.74 Å². The molecule has 6 heteroatoms. The van der Waals surface area contributed by atoms with Gasteiger partial charge in [-0.3, -0.25) is 9.69 Å². The van der Waals surface area contributed by atoms with Gasteiger partial charge in [0.25, 0.3) is 5.19 Å². The second-order valence-electron chi connectivity index (χ2n) is 7.84. The van der Waals surface area contributed by atoms with Gasteiger partial charge in [0.1, 0.15) is 5.75 Å². The molecule has 2 saturated heterocycles. The number of hydrogen-bond acceptors (Lipinski definition) is 5. The first-order chi connectivity index (χ1) is 13.5. The quantitative estimate of drug-likeness (QED) is 0.666. The van der Waals surface area contributed by atoms with E-state index in [0.29, 0.717) is 17.3 Å². The van der Waals surface area contributed by atoms with E-state index >= 15 is 0 Å². The molecule has 2 atom stereocenters. The van der Waals surface area contributed by atoms with Crippen molar-refractivity contribution in [3.05, 3.63) is 53.6 Å². The van der Waals surface area contributed by atoms with E-state index < -0.39 is 0 Å². The third-order valence-electron chi connectivity index (χ3n) is 5.80. The fraction of sp³-hybridized carbons (Fsp3) is 0.364. The molecule has 3 aromatic rings. The summed E-state index contributed by atoms with van der Waals surface area (Å²) in [5.41, 5.74) is 3.48. The zero-order valence-corrected chi connectivity index (χ0v) is 16.9. The third-order valence-corrected chi connectivity index (χ3v) is 6.69. The van der Waals surface area contributed by atoms with Crippen LogP contribution >= 0.6 is 11.3 Å². The number of ether oxygens (including phenoxy) is 1. The van der Waals surface area contributed by atoms with Crippen LogP contribution in [0.3, 0.4) is 0 Å². The Hall–Kier alpha value is -2.44. The van der Waals surface area contributed by atoms with E-state index in [1.807, 2.05) is 23.1 Å². The summed E-state index contributed by atoms with van der Waals surface area (Å²) < 4.78 is 7.12. The molecule has 2 fully saturated rings. The number of carbonyl (C=O) groups is 1. The second kappa shape index (κ2) is 6.87. The highest BCUT2D eigenvalue weighted by molar-refractivity contribution is 7.20. The number of amides is 1. The van der Waals surface area contributed by atoms with Gasteiger partial charge in [0.2, 0.25) is 5.91 Å². The van der Waals surface area contributed by atoms with Crippen molar-refractivity contribution in [2.24, 2.45) is 0 Å². The summed E-state index contributed by atoms with van der Waals surface area (Å²) in [6.07, 6.45) is 1.11. The molecule has 2 bridgehead atoms. The lowest BCUT2D eigenvalue weighted by Crippen LogP contribution is -2.47. The van der Waals surface area contributed by atoms with Gasteiger partial charge in [0.15, 0.2) is 0 Å². The van der Waals surface area contributed by atoms with Crippen LogP contribution in [-0.4, -0.2) is 45.9 Å². The van der Waals surface area contributed by atoms with E-state index in [4.69, 9.17) is 4.74 Å². The van der Waals surface area contributed by atoms with Crippen LogP contribution in [0.4, 0.5) is 0 Å². The number of thiazole rings is 1. The maximum absolute atomic E-state index is 11.7. The summed E-state index contributed by atoms with van der Waals surface area (Å²) in [6.45, 7) is 6.54. The molecule has 0 saturated carbocycles. The number of rotatable bonds is 4. The van der Waals surface area contributed by atoms with Gasteiger partial charge in [-0.25, -0.2) is 4.98 Å². The Kier molecular flexibility index (Phi) is 4.33. The highest BCUT2D eigenvalue weighted by atomic mass is 32.1.